The monoisotopic (exact) mass is 342 g/mol. The van der Waals surface area contributed by atoms with E-state index in [1.54, 1.807) is 6.92 Å². The van der Waals surface area contributed by atoms with E-state index in [9.17, 15) is 4.79 Å². The van der Waals surface area contributed by atoms with E-state index in [1.165, 1.54) is 11.8 Å². The summed E-state index contributed by atoms with van der Waals surface area (Å²) in [5, 5.41) is 9.29. The highest BCUT2D eigenvalue weighted by molar-refractivity contribution is 7.98. The Kier molecular flexibility index (Phi) is 4.10. The van der Waals surface area contributed by atoms with Crippen molar-refractivity contribution in [3.8, 4) is 0 Å². The average molecular weight is 342 g/mol. The van der Waals surface area contributed by atoms with Gasteiger partial charge in [0.05, 0.1) is 16.7 Å². The average Bonchev–Trinajstić information content (AvgIpc) is 3.25. The molecule has 0 spiro atoms. The highest BCUT2D eigenvalue weighted by Gasteiger charge is 2.23. The van der Waals surface area contributed by atoms with E-state index in [2.05, 4.69) is 10.2 Å². The van der Waals surface area contributed by atoms with Crippen molar-refractivity contribution in [2.75, 3.05) is 0 Å². The number of aromatic nitrogens is 4. The van der Waals surface area contributed by atoms with Crippen LogP contribution in [-0.4, -0.2) is 19.7 Å². The quantitative estimate of drug-likeness (QED) is 0.534. The van der Waals surface area contributed by atoms with Crippen molar-refractivity contribution in [2.45, 2.75) is 49.6 Å². The minimum Gasteiger partial charge on any atom is -0.425 e. The molecule has 0 saturated heterocycles. The summed E-state index contributed by atoms with van der Waals surface area (Å²) in [6.45, 7) is 1.77. The molecule has 1 aliphatic rings. The fraction of sp³-hybridized carbons (Fsp3) is 0.412. The lowest BCUT2D eigenvalue weighted by Crippen LogP contribution is -2.26. The molecule has 4 rings (SSSR count). The van der Waals surface area contributed by atoms with E-state index >= 15 is 0 Å². The molecule has 0 N–H and O–H groups in total. The summed E-state index contributed by atoms with van der Waals surface area (Å²) < 4.78 is 7.31. The van der Waals surface area contributed by atoms with Crippen LogP contribution in [0.2, 0.25) is 0 Å². The van der Waals surface area contributed by atoms with Crippen molar-refractivity contribution >= 4 is 22.7 Å². The van der Waals surface area contributed by atoms with Crippen molar-refractivity contribution in [3.05, 3.63) is 46.4 Å². The van der Waals surface area contributed by atoms with E-state index in [0.717, 1.165) is 36.4 Å². The summed E-state index contributed by atoms with van der Waals surface area (Å²) in [7, 11) is 0. The van der Waals surface area contributed by atoms with Crippen LogP contribution < -0.4 is 5.56 Å². The molecular weight excluding hydrogens is 324 g/mol. The lowest BCUT2D eigenvalue weighted by atomic mass is 10.2. The molecule has 0 radical (unpaired) electrons. The standard InChI is InChI=1S/C17H18N4O2S/c1-11-19-20-15(23-11)10-24-17-18-14-9-5-4-8-13(14)16(22)21(17)12-6-2-3-7-12/h4-5,8-9,12H,2-3,6-7,10H2,1H3. The number of hydrogen-bond donors (Lipinski definition) is 0. The predicted octanol–water partition coefficient (Wildman–Crippen LogP) is 3.50. The fourth-order valence-corrected chi connectivity index (χ4v) is 4.14. The number of aryl methyl sites for hydroxylation is 1. The number of fused-ring (bicyclic) bond motifs is 1. The van der Waals surface area contributed by atoms with E-state index < -0.39 is 0 Å². The SMILES string of the molecule is Cc1nnc(CSc2nc3ccccc3c(=O)n2C2CCCC2)o1. The molecule has 7 heteroatoms. The van der Waals surface area contributed by atoms with Crippen LogP contribution in [0.1, 0.15) is 43.5 Å². The Bertz CT molecular complexity index is 928. The van der Waals surface area contributed by atoms with Crippen LogP contribution in [-0.2, 0) is 5.75 Å². The summed E-state index contributed by atoms with van der Waals surface area (Å²) in [6, 6.07) is 7.77. The van der Waals surface area contributed by atoms with Gasteiger partial charge in [0.15, 0.2) is 5.16 Å². The van der Waals surface area contributed by atoms with Gasteiger partial charge in [0.2, 0.25) is 11.8 Å². The zero-order valence-electron chi connectivity index (χ0n) is 13.4. The third-order valence-corrected chi connectivity index (χ3v) is 5.30. The Balaban J connectivity index is 1.76. The smallest absolute Gasteiger partial charge is 0.262 e. The number of thioether (sulfide) groups is 1. The molecular formula is C17H18N4O2S. The van der Waals surface area contributed by atoms with Crippen molar-refractivity contribution < 1.29 is 4.42 Å². The first kappa shape index (κ1) is 15.4. The lowest BCUT2D eigenvalue weighted by Gasteiger charge is -2.18. The Labute approximate surface area is 143 Å². The van der Waals surface area contributed by atoms with Gasteiger partial charge in [-0.3, -0.25) is 9.36 Å². The lowest BCUT2D eigenvalue weighted by molar-refractivity contribution is 0.456. The minimum absolute atomic E-state index is 0.0525. The first-order valence-corrected chi connectivity index (χ1v) is 9.14. The van der Waals surface area contributed by atoms with Gasteiger partial charge in [0, 0.05) is 13.0 Å². The van der Waals surface area contributed by atoms with Crippen molar-refractivity contribution in [1.29, 1.82) is 0 Å². The molecule has 6 nitrogen and oxygen atoms in total. The van der Waals surface area contributed by atoms with Crippen molar-refractivity contribution in [2.24, 2.45) is 0 Å². The zero-order chi connectivity index (χ0) is 16.5. The zero-order valence-corrected chi connectivity index (χ0v) is 14.3. The van der Waals surface area contributed by atoms with Crippen LogP contribution in [0, 0.1) is 6.92 Å². The van der Waals surface area contributed by atoms with Gasteiger partial charge in [-0.15, -0.1) is 10.2 Å². The third kappa shape index (κ3) is 2.84. The normalized spacial score (nSPS) is 15.4. The Morgan fingerprint density at radius 3 is 2.79 bits per heavy atom. The first-order chi connectivity index (χ1) is 11.7. The number of nitrogens with zero attached hydrogens (tertiary/aromatic N) is 4. The molecule has 0 unspecified atom stereocenters. The van der Waals surface area contributed by atoms with Gasteiger partial charge in [0.1, 0.15) is 0 Å². The van der Waals surface area contributed by atoms with Gasteiger partial charge in [0.25, 0.3) is 5.56 Å². The molecule has 0 aliphatic heterocycles. The van der Waals surface area contributed by atoms with Crippen LogP contribution in [0.25, 0.3) is 10.9 Å². The topological polar surface area (TPSA) is 73.8 Å². The molecule has 1 aromatic carbocycles. The Morgan fingerprint density at radius 1 is 1.25 bits per heavy atom. The molecule has 24 heavy (non-hydrogen) atoms. The van der Waals surface area contributed by atoms with Gasteiger partial charge in [-0.25, -0.2) is 4.98 Å². The van der Waals surface area contributed by atoms with Crippen LogP contribution >= 0.6 is 11.8 Å². The third-order valence-electron chi connectivity index (χ3n) is 4.36. The molecule has 0 amide bonds. The minimum atomic E-state index is 0.0525. The Morgan fingerprint density at radius 2 is 2.04 bits per heavy atom. The maximum atomic E-state index is 13.0. The second kappa shape index (κ2) is 6.39. The molecule has 1 saturated carbocycles. The molecule has 3 aromatic rings. The number of benzene rings is 1. The first-order valence-electron chi connectivity index (χ1n) is 8.15. The molecule has 0 atom stereocenters. The van der Waals surface area contributed by atoms with Gasteiger partial charge in [-0.05, 0) is 25.0 Å². The largest absolute Gasteiger partial charge is 0.425 e. The Hall–Kier alpha value is -2.15. The predicted molar refractivity (Wildman–Crippen MR) is 92.1 cm³/mol. The summed E-state index contributed by atoms with van der Waals surface area (Å²) in [5.41, 5.74) is 0.790. The highest BCUT2D eigenvalue weighted by Crippen LogP contribution is 2.32. The maximum absolute atomic E-state index is 13.0. The molecule has 2 heterocycles. The van der Waals surface area contributed by atoms with E-state index in [-0.39, 0.29) is 11.6 Å². The summed E-state index contributed by atoms with van der Waals surface area (Å²) >= 11 is 1.48. The molecule has 124 valence electrons. The summed E-state index contributed by atoms with van der Waals surface area (Å²) in [4.78, 5) is 17.7. The van der Waals surface area contributed by atoms with E-state index in [4.69, 9.17) is 9.40 Å². The van der Waals surface area contributed by atoms with Crippen LogP contribution in [0.3, 0.4) is 0 Å². The van der Waals surface area contributed by atoms with Gasteiger partial charge >= 0.3 is 0 Å². The number of hydrogen-bond acceptors (Lipinski definition) is 6. The van der Waals surface area contributed by atoms with Crippen LogP contribution in [0.4, 0.5) is 0 Å². The maximum Gasteiger partial charge on any atom is 0.262 e. The van der Waals surface area contributed by atoms with E-state index in [1.807, 2.05) is 28.8 Å². The second-order valence-electron chi connectivity index (χ2n) is 6.03. The highest BCUT2D eigenvalue weighted by atomic mass is 32.2. The van der Waals surface area contributed by atoms with Crippen LogP contribution in [0.15, 0.2) is 38.6 Å². The molecule has 1 fully saturated rings. The fourth-order valence-electron chi connectivity index (χ4n) is 3.23. The number of para-hydroxylation sites is 1. The summed E-state index contributed by atoms with van der Waals surface area (Å²) in [6.07, 6.45) is 4.40. The van der Waals surface area contributed by atoms with Crippen molar-refractivity contribution in [1.82, 2.24) is 19.7 Å². The van der Waals surface area contributed by atoms with Gasteiger partial charge < -0.3 is 4.42 Å². The summed E-state index contributed by atoms with van der Waals surface area (Å²) in [5.74, 6) is 1.61. The van der Waals surface area contributed by atoms with Gasteiger partial charge in [-0.1, -0.05) is 36.7 Å². The molecule has 2 aromatic heterocycles. The second-order valence-corrected chi connectivity index (χ2v) is 6.97. The molecule has 0 bridgehead atoms. The number of rotatable bonds is 4. The van der Waals surface area contributed by atoms with Crippen molar-refractivity contribution in [3.63, 3.8) is 0 Å². The van der Waals surface area contributed by atoms with E-state index in [0.29, 0.717) is 22.9 Å². The van der Waals surface area contributed by atoms with Crippen LogP contribution in [0.5, 0.6) is 0 Å². The van der Waals surface area contributed by atoms with Gasteiger partial charge in [-0.2, -0.15) is 0 Å². The molecule has 1 aliphatic carbocycles.